The van der Waals surface area contributed by atoms with Gasteiger partial charge in [-0.1, -0.05) is 66.7 Å². The summed E-state index contributed by atoms with van der Waals surface area (Å²) in [6.07, 6.45) is 4.58. The number of aromatic carboxylic acids is 2. The molecular weight excluding hydrogens is 392 g/mol. The highest BCUT2D eigenvalue weighted by Crippen LogP contribution is 2.36. The molecule has 0 amide bonds. The first-order chi connectivity index (χ1) is 15.0. The fourth-order valence-corrected chi connectivity index (χ4v) is 3.60. The van der Waals surface area contributed by atoms with Crippen molar-refractivity contribution in [2.24, 2.45) is 5.10 Å². The van der Waals surface area contributed by atoms with E-state index in [-0.39, 0.29) is 17.2 Å². The van der Waals surface area contributed by atoms with Gasteiger partial charge in [0.05, 0.1) is 28.6 Å². The number of rotatable bonds is 6. The number of carboxylic acids is 2. The van der Waals surface area contributed by atoms with Crippen molar-refractivity contribution in [3.63, 3.8) is 0 Å². The number of allylic oxidation sites excluding steroid dienone is 1. The smallest absolute Gasteiger partial charge is 0.336 e. The molecule has 1 aliphatic rings. The summed E-state index contributed by atoms with van der Waals surface area (Å²) in [5.74, 6) is -2.57. The van der Waals surface area contributed by atoms with E-state index < -0.39 is 11.9 Å². The molecule has 0 fully saturated rings. The maximum atomic E-state index is 11.6. The molecule has 2 N–H and O–H groups in total. The van der Waals surface area contributed by atoms with Gasteiger partial charge in [0.25, 0.3) is 0 Å². The average molecular weight is 412 g/mol. The third-order valence-electron chi connectivity index (χ3n) is 5.11. The van der Waals surface area contributed by atoms with Gasteiger partial charge in [0.15, 0.2) is 0 Å². The summed E-state index contributed by atoms with van der Waals surface area (Å²) in [6, 6.07) is 23.9. The number of hydrazone groups is 1. The molecule has 6 nitrogen and oxygen atoms in total. The van der Waals surface area contributed by atoms with Crippen LogP contribution in [-0.4, -0.2) is 27.9 Å². The van der Waals surface area contributed by atoms with E-state index in [2.05, 4.69) is 0 Å². The number of benzene rings is 3. The third-order valence-corrected chi connectivity index (χ3v) is 5.11. The lowest BCUT2D eigenvalue weighted by Gasteiger charge is -2.24. The quantitative estimate of drug-likeness (QED) is 0.588. The Morgan fingerprint density at radius 1 is 0.839 bits per heavy atom. The molecule has 1 aliphatic heterocycles. The zero-order chi connectivity index (χ0) is 21.8. The first-order valence-corrected chi connectivity index (χ1v) is 9.78. The fourth-order valence-electron chi connectivity index (χ4n) is 3.60. The van der Waals surface area contributed by atoms with E-state index in [1.165, 1.54) is 12.1 Å². The summed E-state index contributed by atoms with van der Waals surface area (Å²) in [5.41, 5.74) is 2.95. The Balaban J connectivity index is 1.73. The van der Waals surface area contributed by atoms with Crippen LogP contribution in [-0.2, 0) is 0 Å². The van der Waals surface area contributed by atoms with Gasteiger partial charge < -0.3 is 10.2 Å². The average Bonchev–Trinajstić information content (AvgIpc) is 3.23. The molecule has 0 bridgehead atoms. The van der Waals surface area contributed by atoms with E-state index in [1.54, 1.807) is 11.1 Å². The minimum atomic E-state index is -1.29. The molecule has 0 aliphatic carbocycles. The van der Waals surface area contributed by atoms with Gasteiger partial charge in [-0.3, -0.25) is 5.01 Å². The number of hydrogen-bond acceptors (Lipinski definition) is 4. The molecule has 0 saturated heterocycles. The largest absolute Gasteiger partial charge is 0.478 e. The Labute approximate surface area is 179 Å². The number of anilines is 1. The molecule has 3 aromatic rings. The van der Waals surface area contributed by atoms with E-state index in [9.17, 15) is 19.8 Å². The van der Waals surface area contributed by atoms with E-state index >= 15 is 0 Å². The predicted molar refractivity (Wildman–Crippen MR) is 120 cm³/mol. The van der Waals surface area contributed by atoms with Gasteiger partial charge in [0, 0.05) is 6.42 Å². The molecular formula is C25H20N2O4. The summed E-state index contributed by atoms with van der Waals surface area (Å²) in [7, 11) is 0. The molecule has 0 radical (unpaired) electrons. The second kappa shape index (κ2) is 8.67. The highest BCUT2D eigenvalue weighted by atomic mass is 16.4. The molecule has 6 heteroatoms. The Kier molecular flexibility index (Phi) is 5.62. The molecule has 31 heavy (non-hydrogen) atoms. The molecule has 0 saturated carbocycles. The highest BCUT2D eigenvalue weighted by molar-refractivity contribution is 6.03. The van der Waals surface area contributed by atoms with Gasteiger partial charge >= 0.3 is 11.9 Å². The summed E-state index contributed by atoms with van der Waals surface area (Å²) in [6.45, 7) is 0. The molecule has 1 atom stereocenters. The van der Waals surface area contributed by atoms with Gasteiger partial charge in [0.2, 0.25) is 0 Å². The first-order valence-electron chi connectivity index (χ1n) is 9.78. The summed E-state index contributed by atoms with van der Waals surface area (Å²) in [4.78, 5) is 23.0. The Hall–Kier alpha value is -4.19. The maximum Gasteiger partial charge on any atom is 0.336 e. The molecule has 0 spiro atoms. The van der Waals surface area contributed by atoms with Crippen LogP contribution in [0.3, 0.4) is 0 Å². The van der Waals surface area contributed by atoms with Crippen LogP contribution in [0.25, 0.3) is 6.08 Å². The summed E-state index contributed by atoms with van der Waals surface area (Å²) < 4.78 is 0. The lowest BCUT2D eigenvalue weighted by molar-refractivity contribution is 0.0651. The molecule has 154 valence electrons. The molecule has 3 aromatic carbocycles. The van der Waals surface area contributed by atoms with Crippen molar-refractivity contribution < 1.29 is 19.8 Å². The fraction of sp³-hybridized carbons (Fsp3) is 0.0800. The minimum Gasteiger partial charge on any atom is -0.478 e. The van der Waals surface area contributed by atoms with Crippen molar-refractivity contribution in [3.05, 3.63) is 107 Å². The van der Waals surface area contributed by atoms with E-state index in [0.717, 1.165) is 16.8 Å². The van der Waals surface area contributed by atoms with Crippen LogP contribution in [0.15, 0.2) is 90.0 Å². The van der Waals surface area contributed by atoms with Crippen molar-refractivity contribution >= 4 is 29.4 Å². The SMILES string of the molecule is O=C(O)c1ccc(N2N=C(/C=C\c3ccccc3)C[C@H]2c2ccccc2)cc1C(=O)O. The lowest BCUT2D eigenvalue weighted by Crippen LogP contribution is -2.19. The highest BCUT2D eigenvalue weighted by Gasteiger charge is 2.29. The normalized spacial score (nSPS) is 15.8. The van der Waals surface area contributed by atoms with Crippen LogP contribution in [0.2, 0.25) is 0 Å². The minimum absolute atomic E-state index is 0.131. The van der Waals surface area contributed by atoms with Crippen LogP contribution in [0.4, 0.5) is 5.69 Å². The second-order valence-electron chi connectivity index (χ2n) is 7.15. The molecule has 0 unspecified atom stereocenters. The molecule has 1 heterocycles. The van der Waals surface area contributed by atoms with Crippen molar-refractivity contribution in [2.45, 2.75) is 12.5 Å². The van der Waals surface area contributed by atoms with Gasteiger partial charge in [-0.05, 0) is 35.4 Å². The van der Waals surface area contributed by atoms with Crippen molar-refractivity contribution in [3.8, 4) is 0 Å². The van der Waals surface area contributed by atoms with Crippen LogP contribution in [0.5, 0.6) is 0 Å². The van der Waals surface area contributed by atoms with Crippen LogP contribution in [0.1, 0.15) is 44.3 Å². The van der Waals surface area contributed by atoms with Crippen LogP contribution < -0.4 is 5.01 Å². The molecule has 0 aromatic heterocycles. The summed E-state index contributed by atoms with van der Waals surface area (Å²) >= 11 is 0. The maximum absolute atomic E-state index is 11.6. The lowest BCUT2D eigenvalue weighted by atomic mass is 10.00. The van der Waals surface area contributed by atoms with E-state index in [1.807, 2.05) is 72.8 Å². The van der Waals surface area contributed by atoms with E-state index in [4.69, 9.17) is 5.10 Å². The topological polar surface area (TPSA) is 90.2 Å². The van der Waals surface area contributed by atoms with Crippen molar-refractivity contribution in [1.82, 2.24) is 0 Å². The third kappa shape index (κ3) is 4.38. The number of hydrogen-bond donors (Lipinski definition) is 2. The second-order valence-corrected chi connectivity index (χ2v) is 7.15. The summed E-state index contributed by atoms with van der Waals surface area (Å²) in [5, 5.41) is 25.3. The van der Waals surface area contributed by atoms with Crippen molar-refractivity contribution in [1.29, 1.82) is 0 Å². The van der Waals surface area contributed by atoms with Crippen LogP contribution in [0, 0.1) is 0 Å². The Bertz CT molecular complexity index is 1170. The van der Waals surface area contributed by atoms with Gasteiger partial charge in [-0.15, -0.1) is 0 Å². The Morgan fingerprint density at radius 3 is 2.13 bits per heavy atom. The Morgan fingerprint density at radius 2 is 1.48 bits per heavy atom. The molecule has 4 rings (SSSR count). The van der Waals surface area contributed by atoms with Crippen LogP contribution >= 0.6 is 0 Å². The number of nitrogens with zero attached hydrogens (tertiary/aromatic N) is 2. The first kappa shape index (κ1) is 20.1. The zero-order valence-electron chi connectivity index (χ0n) is 16.6. The monoisotopic (exact) mass is 412 g/mol. The van der Waals surface area contributed by atoms with Gasteiger partial charge in [-0.2, -0.15) is 5.10 Å². The van der Waals surface area contributed by atoms with Gasteiger partial charge in [0.1, 0.15) is 0 Å². The van der Waals surface area contributed by atoms with E-state index in [0.29, 0.717) is 12.1 Å². The van der Waals surface area contributed by atoms with Crippen molar-refractivity contribution in [2.75, 3.05) is 5.01 Å². The number of carbonyl (C=O) groups is 2. The zero-order valence-corrected chi connectivity index (χ0v) is 16.6. The standard InChI is InChI=1S/C25H20N2O4/c28-24(29)21-14-13-20(16-22(21)25(30)31)27-23(18-9-5-2-6-10-18)15-19(26-27)12-11-17-7-3-1-4-8-17/h1-14,16,23H,15H2,(H,28,29)(H,30,31)/b12-11-/t23-/m0/s1. The van der Waals surface area contributed by atoms with Gasteiger partial charge in [-0.25, -0.2) is 9.59 Å². The predicted octanol–water partition coefficient (Wildman–Crippen LogP) is 5.10. The number of carboxylic acid groups (broad SMARTS) is 2.